The summed E-state index contributed by atoms with van der Waals surface area (Å²) in [5.74, 6) is 1.73. The monoisotopic (exact) mass is 505 g/mol. The average Bonchev–Trinajstić information content (AvgIpc) is 2.81. The standard InChI is InChI=1S/C26H24BrN3O3/c1-4-32-23-14-19(21(27)15-24(23)33-17(2)3)16-28-30-25(18-10-6-5-7-11-18)29-22-13-9-8-12-20(22)26(30)31/h5-17H,4H2,1-3H3. The van der Waals surface area contributed by atoms with Crippen molar-refractivity contribution in [2.75, 3.05) is 6.61 Å². The molecule has 0 fully saturated rings. The zero-order valence-corrected chi connectivity index (χ0v) is 20.2. The zero-order chi connectivity index (χ0) is 23.4. The zero-order valence-electron chi connectivity index (χ0n) is 18.7. The molecule has 0 saturated heterocycles. The van der Waals surface area contributed by atoms with Crippen LogP contribution >= 0.6 is 15.9 Å². The first-order chi connectivity index (χ1) is 16.0. The van der Waals surface area contributed by atoms with Gasteiger partial charge in [-0.05, 0) is 61.0 Å². The largest absolute Gasteiger partial charge is 0.490 e. The quantitative estimate of drug-likeness (QED) is 0.293. The number of hydrogen-bond acceptors (Lipinski definition) is 5. The van der Waals surface area contributed by atoms with Crippen LogP contribution in [0, 0.1) is 0 Å². The summed E-state index contributed by atoms with van der Waals surface area (Å²) in [6.07, 6.45) is 1.63. The maximum atomic E-state index is 13.3. The number of fused-ring (bicyclic) bond motifs is 1. The van der Waals surface area contributed by atoms with Crippen LogP contribution in [0.15, 0.2) is 81.1 Å². The number of para-hydroxylation sites is 1. The molecule has 0 bridgehead atoms. The van der Waals surface area contributed by atoms with Gasteiger partial charge >= 0.3 is 0 Å². The van der Waals surface area contributed by atoms with Crippen LogP contribution in [-0.4, -0.2) is 28.6 Å². The number of benzene rings is 3. The second-order valence-electron chi connectivity index (χ2n) is 7.60. The second kappa shape index (κ2) is 10.0. The maximum absolute atomic E-state index is 13.3. The summed E-state index contributed by atoms with van der Waals surface area (Å²) in [6.45, 7) is 6.34. The lowest BCUT2D eigenvalue weighted by atomic mass is 10.2. The molecule has 0 aliphatic heterocycles. The van der Waals surface area contributed by atoms with Gasteiger partial charge in [0, 0.05) is 15.6 Å². The summed E-state index contributed by atoms with van der Waals surface area (Å²) in [7, 11) is 0. The smallest absolute Gasteiger partial charge is 0.282 e. The van der Waals surface area contributed by atoms with Crippen molar-refractivity contribution < 1.29 is 9.47 Å². The molecule has 0 amide bonds. The van der Waals surface area contributed by atoms with E-state index in [1.165, 1.54) is 4.68 Å². The summed E-state index contributed by atoms with van der Waals surface area (Å²) in [5.41, 5.74) is 1.93. The van der Waals surface area contributed by atoms with Gasteiger partial charge < -0.3 is 9.47 Å². The van der Waals surface area contributed by atoms with Crippen molar-refractivity contribution in [2.24, 2.45) is 5.10 Å². The number of aromatic nitrogens is 2. The van der Waals surface area contributed by atoms with E-state index in [-0.39, 0.29) is 11.7 Å². The number of nitrogens with zero attached hydrogens (tertiary/aromatic N) is 3. The van der Waals surface area contributed by atoms with E-state index in [1.54, 1.807) is 12.3 Å². The van der Waals surface area contributed by atoms with E-state index in [2.05, 4.69) is 21.0 Å². The van der Waals surface area contributed by atoms with Gasteiger partial charge in [-0.25, -0.2) is 4.98 Å². The molecule has 7 heteroatoms. The Hall–Kier alpha value is -3.45. The molecule has 0 atom stereocenters. The first-order valence-electron chi connectivity index (χ1n) is 10.7. The minimum atomic E-state index is -0.239. The van der Waals surface area contributed by atoms with E-state index in [1.807, 2.05) is 81.4 Å². The summed E-state index contributed by atoms with van der Waals surface area (Å²) < 4.78 is 13.8. The number of ether oxygens (including phenoxy) is 2. The second-order valence-corrected chi connectivity index (χ2v) is 8.45. The van der Waals surface area contributed by atoms with Gasteiger partial charge in [0.15, 0.2) is 17.3 Å². The average molecular weight is 506 g/mol. The maximum Gasteiger partial charge on any atom is 0.282 e. The fourth-order valence-corrected chi connectivity index (χ4v) is 3.81. The van der Waals surface area contributed by atoms with Crippen LogP contribution in [-0.2, 0) is 0 Å². The minimum absolute atomic E-state index is 0.00584. The molecule has 4 aromatic rings. The van der Waals surface area contributed by atoms with Crippen molar-refractivity contribution >= 4 is 33.0 Å². The van der Waals surface area contributed by atoms with Crippen molar-refractivity contribution in [1.82, 2.24) is 9.66 Å². The Morgan fingerprint density at radius 1 is 1.06 bits per heavy atom. The van der Waals surface area contributed by atoms with Gasteiger partial charge in [-0.1, -0.05) is 42.5 Å². The first-order valence-corrected chi connectivity index (χ1v) is 11.5. The van der Waals surface area contributed by atoms with Crippen LogP contribution in [0.1, 0.15) is 26.3 Å². The molecule has 33 heavy (non-hydrogen) atoms. The molecular formula is C26H24BrN3O3. The molecule has 1 heterocycles. The number of hydrogen-bond donors (Lipinski definition) is 0. The minimum Gasteiger partial charge on any atom is -0.490 e. The molecule has 0 N–H and O–H groups in total. The van der Waals surface area contributed by atoms with Crippen LogP contribution in [0.2, 0.25) is 0 Å². The van der Waals surface area contributed by atoms with E-state index in [9.17, 15) is 4.79 Å². The third kappa shape index (κ3) is 4.98. The van der Waals surface area contributed by atoms with E-state index < -0.39 is 0 Å². The van der Waals surface area contributed by atoms with Gasteiger partial charge in [-0.3, -0.25) is 4.79 Å². The van der Waals surface area contributed by atoms with Crippen molar-refractivity contribution in [2.45, 2.75) is 26.9 Å². The third-order valence-electron chi connectivity index (χ3n) is 4.82. The van der Waals surface area contributed by atoms with Crippen molar-refractivity contribution in [3.63, 3.8) is 0 Å². The molecule has 3 aromatic carbocycles. The SMILES string of the molecule is CCOc1cc(C=Nn2c(-c3ccccc3)nc3ccccc3c2=O)c(Br)cc1OC(C)C. The number of rotatable bonds is 7. The summed E-state index contributed by atoms with van der Waals surface area (Å²) in [6, 6.07) is 20.5. The van der Waals surface area contributed by atoms with Crippen LogP contribution in [0.4, 0.5) is 0 Å². The highest BCUT2D eigenvalue weighted by Gasteiger charge is 2.14. The number of halogens is 1. The van der Waals surface area contributed by atoms with E-state index in [4.69, 9.17) is 14.5 Å². The van der Waals surface area contributed by atoms with Gasteiger partial charge in [-0.2, -0.15) is 9.78 Å². The normalized spacial score (nSPS) is 11.4. The molecule has 6 nitrogen and oxygen atoms in total. The molecule has 0 aliphatic carbocycles. The Morgan fingerprint density at radius 3 is 2.52 bits per heavy atom. The lowest BCUT2D eigenvalue weighted by Gasteiger charge is -2.16. The van der Waals surface area contributed by atoms with E-state index in [0.717, 1.165) is 15.6 Å². The summed E-state index contributed by atoms with van der Waals surface area (Å²) in [4.78, 5) is 18.1. The lowest BCUT2D eigenvalue weighted by Crippen LogP contribution is -2.20. The predicted molar refractivity (Wildman–Crippen MR) is 136 cm³/mol. The van der Waals surface area contributed by atoms with Crippen molar-refractivity contribution in [1.29, 1.82) is 0 Å². The topological polar surface area (TPSA) is 65.7 Å². The predicted octanol–water partition coefficient (Wildman–Crippen LogP) is 5.89. The van der Waals surface area contributed by atoms with Crippen molar-refractivity contribution in [3.05, 3.63) is 87.1 Å². The fourth-order valence-electron chi connectivity index (χ4n) is 3.39. The van der Waals surface area contributed by atoms with E-state index >= 15 is 0 Å². The van der Waals surface area contributed by atoms with E-state index in [0.29, 0.717) is 34.8 Å². The summed E-state index contributed by atoms with van der Waals surface area (Å²) in [5, 5.41) is 5.05. The molecule has 0 spiro atoms. The molecule has 0 radical (unpaired) electrons. The van der Waals surface area contributed by atoms with Gasteiger partial charge in [0.25, 0.3) is 5.56 Å². The molecule has 0 unspecified atom stereocenters. The molecule has 168 valence electrons. The van der Waals surface area contributed by atoms with Gasteiger partial charge in [-0.15, -0.1) is 0 Å². The Balaban J connectivity index is 1.85. The van der Waals surface area contributed by atoms with Gasteiger partial charge in [0.1, 0.15) is 0 Å². The fraction of sp³-hybridized carbons (Fsp3) is 0.192. The Labute approximate surface area is 200 Å². The van der Waals surface area contributed by atoms with Gasteiger partial charge in [0.05, 0.1) is 29.8 Å². The third-order valence-corrected chi connectivity index (χ3v) is 5.51. The molecule has 4 rings (SSSR count). The van der Waals surface area contributed by atoms with Crippen LogP contribution in [0.25, 0.3) is 22.3 Å². The lowest BCUT2D eigenvalue weighted by molar-refractivity contribution is 0.223. The van der Waals surface area contributed by atoms with Crippen LogP contribution < -0.4 is 15.0 Å². The summed E-state index contributed by atoms with van der Waals surface area (Å²) >= 11 is 3.59. The Kier molecular flexibility index (Phi) is 6.89. The highest BCUT2D eigenvalue weighted by Crippen LogP contribution is 2.34. The van der Waals surface area contributed by atoms with Crippen LogP contribution in [0.3, 0.4) is 0 Å². The molecule has 1 aromatic heterocycles. The molecule has 0 saturated carbocycles. The Morgan fingerprint density at radius 2 is 1.79 bits per heavy atom. The molecular weight excluding hydrogens is 482 g/mol. The Bertz CT molecular complexity index is 1360. The molecule has 0 aliphatic rings. The highest BCUT2D eigenvalue weighted by atomic mass is 79.9. The van der Waals surface area contributed by atoms with Crippen LogP contribution in [0.5, 0.6) is 11.5 Å². The first kappa shape index (κ1) is 22.7. The van der Waals surface area contributed by atoms with Crippen molar-refractivity contribution in [3.8, 4) is 22.9 Å². The highest BCUT2D eigenvalue weighted by molar-refractivity contribution is 9.10. The van der Waals surface area contributed by atoms with Gasteiger partial charge in [0.2, 0.25) is 0 Å².